The van der Waals surface area contributed by atoms with Crippen LogP contribution in [0.5, 0.6) is 0 Å². The Bertz CT molecular complexity index is 397. The van der Waals surface area contributed by atoms with Crippen molar-refractivity contribution in [1.29, 1.82) is 0 Å². The quantitative estimate of drug-likeness (QED) is 0.728. The van der Waals surface area contributed by atoms with Crippen molar-refractivity contribution in [3.05, 3.63) is 42.0 Å². The molecule has 0 aliphatic heterocycles. The maximum atomic E-state index is 11.9. The number of benzene rings is 1. The summed E-state index contributed by atoms with van der Waals surface area (Å²) in [5.74, 6) is 0.491. The lowest BCUT2D eigenvalue weighted by atomic mass is 10.1. The molecule has 0 saturated carbocycles. The molecule has 0 bridgehead atoms. The van der Waals surface area contributed by atoms with Gasteiger partial charge in [-0.1, -0.05) is 24.8 Å². The molecule has 0 saturated heterocycles. The van der Waals surface area contributed by atoms with Gasteiger partial charge < -0.3 is 9.64 Å². The molecule has 0 spiro atoms. The summed E-state index contributed by atoms with van der Waals surface area (Å²) in [7, 11) is 3.45. The highest BCUT2D eigenvalue weighted by Crippen LogP contribution is 2.19. The van der Waals surface area contributed by atoms with Crippen LogP contribution in [0.3, 0.4) is 0 Å². The van der Waals surface area contributed by atoms with E-state index in [1.54, 1.807) is 20.2 Å². The van der Waals surface area contributed by atoms with E-state index in [0.29, 0.717) is 17.9 Å². The second kappa shape index (κ2) is 5.35. The molecular weight excluding hydrogens is 202 g/mol. The summed E-state index contributed by atoms with van der Waals surface area (Å²) in [6.07, 6.45) is 0. The van der Waals surface area contributed by atoms with Gasteiger partial charge in [-0.05, 0) is 13.0 Å². The molecule has 0 unspecified atom stereocenters. The van der Waals surface area contributed by atoms with E-state index in [9.17, 15) is 4.79 Å². The van der Waals surface area contributed by atoms with Crippen LogP contribution in [0.4, 0.5) is 0 Å². The molecule has 1 amide bonds. The van der Waals surface area contributed by atoms with Gasteiger partial charge in [-0.2, -0.15) is 0 Å². The molecule has 0 aliphatic rings. The van der Waals surface area contributed by atoms with Crippen LogP contribution in [-0.2, 0) is 4.74 Å². The highest BCUT2D eigenvalue weighted by Gasteiger charge is 2.14. The lowest BCUT2D eigenvalue weighted by Crippen LogP contribution is -2.22. The highest BCUT2D eigenvalue weighted by molar-refractivity contribution is 5.98. The van der Waals surface area contributed by atoms with Crippen LogP contribution < -0.4 is 0 Å². The normalized spacial score (nSPS) is 9.69. The van der Waals surface area contributed by atoms with Crippen LogP contribution in [0.25, 0.3) is 5.76 Å². The van der Waals surface area contributed by atoms with Crippen LogP contribution in [0, 0.1) is 0 Å². The Hall–Kier alpha value is -1.77. The number of hydrogen-bond acceptors (Lipinski definition) is 2. The Morgan fingerprint density at radius 2 is 1.88 bits per heavy atom. The number of carbonyl (C=O) groups excluding carboxylic acids is 1. The second-order valence-electron chi connectivity index (χ2n) is 3.60. The summed E-state index contributed by atoms with van der Waals surface area (Å²) in [6.45, 7) is 6.26. The minimum absolute atomic E-state index is 0.0450. The average Bonchev–Trinajstić information content (AvgIpc) is 2.28. The number of ether oxygens (including phenoxy) is 1. The van der Waals surface area contributed by atoms with Gasteiger partial charge in [0.25, 0.3) is 5.91 Å². The average molecular weight is 219 g/mol. The summed E-state index contributed by atoms with van der Waals surface area (Å²) in [5, 5.41) is 0. The molecule has 1 aromatic rings. The summed E-state index contributed by atoms with van der Waals surface area (Å²) in [4.78, 5) is 13.4. The molecule has 0 aliphatic carbocycles. The number of hydrogen-bond donors (Lipinski definition) is 0. The van der Waals surface area contributed by atoms with E-state index in [0.717, 1.165) is 5.56 Å². The van der Waals surface area contributed by atoms with Gasteiger partial charge in [-0.25, -0.2) is 0 Å². The molecule has 0 N–H and O–H groups in total. The SMILES string of the molecule is C=C(OCC)c1ccccc1C(=O)N(C)C. The maximum Gasteiger partial charge on any atom is 0.254 e. The molecule has 0 heterocycles. The minimum atomic E-state index is -0.0450. The molecule has 3 nitrogen and oxygen atoms in total. The van der Waals surface area contributed by atoms with Crippen LogP contribution >= 0.6 is 0 Å². The predicted octanol–water partition coefficient (Wildman–Crippen LogP) is 2.40. The van der Waals surface area contributed by atoms with E-state index in [1.807, 2.05) is 25.1 Å². The first-order valence-corrected chi connectivity index (χ1v) is 5.20. The third-order valence-electron chi connectivity index (χ3n) is 2.18. The van der Waals surface area contributed by atoms with E-state index in [1.165, 1.54) is 4.90 Å². The van der Waals surface area contributed by atoms with Gasteiger partial charge in [0.05, 0.1) is 12.2 Å². The lowest BCUT2D eigenvalue weighted by molar-refractivity contribution is 0.0826. The van der Waals surface area contributed by atoms with E-state index >= 15 is 0 Å². The van der Waals surface area contributed by atoms with Gasteiger partial charge >= 0.3 is 0 Å². The first-order valence-electron chi connectivity index (χ1n) is 5.20. The van der Waals surface area contributed by atoms with Gasteiger partial charge in [0.1, 0.15) is 5.76 Å². The van der Waals surface area contributed by atoms with Gasteiger partial charge in [-0.3, -0.25) is 4.79 Å². The fourth-order valence-electron chi connectivity index (χ4n) is 1.41. The zero-order chi connectivity index (χ0) is 12.1. The van der Waals surface area contributed by atoms with Crippen molar-refractivity contribution in [1.82, 2.24) is 4.90 Å². The molecular formula is C13H17NO2. The van der Waals surface area contributed by atoms with Crippen molar-refractivity contribution in [2.45, 2.75) is 6.92 Å². The van der Waals surface area contributed by atoms with E-state index in [4.69, 9.17) is 4.74 Å². The summed E-state index contributed by atoms with van der Waals surface area (Å²) >= 11 is 0. The summed E-state index contributed by atoms with van der Waals surface area (Å²) < 4.78 is 5.33. The Morgan fingerprint density at radius 1 is 1.31 bits per heavy atom. The van der Waals surface area contributed by atoms with Gasteiger partial charge in [0, 0.05) is 19.7 Å². The fraction of sp³-hybridized carbons (Fsp3) is 0.308. The van der Waals surface area contributed by atoms with Crippen LogP contribution in [0.2, 0.25) is 0 Å². The molecule has 1 aromatic carbocycles. The minimum Gasteiger partial charge on any atom is -0.494 e. The monoisotopic (exact) mass is 219 g/mol. The van der Waals surface area contributed by atoms with E-state index < -0.39 is 0 Å². The number of carbonyl (C=O) groups is 1. The smallest absolute Gasteiger partial charge is 0.254 e. The van der Waals surface area contributed by atoms with Crippen molar-refractivity contribution >= 4 is 11.7 Å². The molecule has 1 rings (SSSR count). The largest absolute Gasteiger partial charge is 0.494 e. The lowest BCUT2D eigenvalue weighted by Gasteiger charge is -2.15. The first kappa shape index (κ1) is 12.3. The van der Waals surface area contributed by atoms with Crippen LogP contribution in [0.15, 0.2) is 30.8 Å². The Kier molecular flexibility index (Phi) is 4.11. The van der Waals surface area contributed by atoms with Crippen molar-refractivity contribution in [3.8, 4) is 0 Å². The highest BCUT2D eigenvalue weighted by atomic mass is 16.5. The molecule has 16 heavy (non-hydrogen) atoms. The molecule has 86 valence electrons. The van der Waals surface area contributed by atoms with Gasteiger partial charge in [0.15, 0.2) is 0 Å². The first-order chi connectivity index (χ1) is 7.57. The third-order valence-corrected chi connectivity index (χ3v) is 2.18. The standard InChI is InChI=1S/C13H17NO2/c1-5-16-10(2)11-8-6-7-9-12(11)13(15)14(3)4/h6-9H,2,5H2,1,3-4H3. The predicted molar refractivity (Wildman–Crippen MR) is 65.1 cm³/mol. The van der Waals surface area contributed by atoms with Gasteiger partial charge in [-0.15, -0.1) is 0 Å². The summed E-state index contributed by atoms with van der Waals surface area (Å²) in [5.41, 5.74) is 1.37. The zero-order valence-electron chi connectivity index (χ0n) is 9.99. The molecule has 0 fully saturated rings. The van der Waals surface area contributed by atoms with E-state index in [2.05, 4.69) is 6.58 Å². The Morgan fingerprint density at radius 3 is 2.38 bits per heavy atom. The zero-order valence-corrected chi connectivity index (χ0v) is 9.99. The van der Waals surface area contributed by atoms with Crippen molar-refractivity contribution in [2.75, 3.05) is 20.7 Å². The third kappa shape index (κ3) is 2.63. The van der Waals surface area contributed by atoms with Crippen molar-refractivity contribution in [3.63, 3.8) is 0 Å². The number of rotatable bonds is 4. The molecule has 3 heteroatoms. The molecule has 0 radical (unpaired) electrons. The topological polar surface area (TPSA) is 29.5 Å². The van der Waals surface area contributed by atoms with Gasteiger partial charge in [0.2, 0.25) is 0 Å². The van der Waals surface area contributed by atoms with Crippen LogP contribution in [-0.4, -0.2) is 31.5 Å². The van der Waals surface area contributed by atoms with Crippen molar-refractivity contribution < 1.29 is 9.53 Å². The van der Waals surface area contributed by atoms with E-state index in [-0.39, 0.29) is 5.91 Å². The molecule has 0 atom stereocenters. The Labute approximate surface area is 96.3 Å². The van der Waals surface area contributed by atoms with Crippen molar-refractivity contribution in [2.24, 2.45) is 0 Å². The van der Waals surface area contributed by atoms with Crippen LogP contribution in [0.1, 0.15) is 22.8 Å². The fourth-order valence-corrected chi connectivity index (χ4v) is 1.41. The Balaban J connectivity index is 3.10. The second-order valence-corrected chi connectivity index (χ2v) is 3.60. The summed E-state index contributed by atoms with van der Waals surface area (Å²) in [6, 6.07) is 7.32. The number of amides is 1. The maximum absolute atomic E-state index is 11.9. The molecule has 0 aromatic heterocycles. The number of nitrogens with zero attached hydrogens (tertiary/aromatic N) is 1.